The first-order valence-corrected chi connectivity index (χ1v) is 5.91. The van der Waals surface area contributed by atoms with Crippen molar-refractivity contribution in [2.24, 2.45) is 5.10 Å². The molecular weight excluding hydrogens is 302 g/mol. The van der Waals surface area contributed by atoms with Crippen LogP contribution in [0.4, 0.5) is 5.88 Å². The zero-order chi connectivity index (χ0) is 15.4. The van der Waals surface area contributed by atoms with Crippen LogP contribution in [-0.2, 0) is 0 Å². The van der Waals surface area contributed by atoms with Crippen LogP contribution in [0.3, 0.4) is 0 Å². The Kier molecular flexibility index (Phi) is 4.19. The molecule has 2 N–H and O–H groups in total. The lowest BCUT2D eigenvalue weighted by Gasteiger charge is -2.02. The van der Waals surface area contributed by atoms with E-state index in [0.717, 1.165) is 12.3 Å². The van der Waals surface area contributed by atoms with Crippen molar-refractivity contribution >= 4 is 29.6 Å². The fourth-order valence-corrected chi connectivity index (χ4v) is 1.59. The van der Waals surface area contributed by atoms with E-state index in [0.29, 0.717) is 0 Å². The zero-order valence-corrected chi connectivity index (χ0v) is 11.1. The number of aromatic hydroxyl groups is 1. The molecule has 108 valence electrons. The van der Waals surface area contributed by atoms with Crippen LogP contribution in [-0.4, -0.2) is 22.2 Å². The molecule has 21 heavy (non-hydrogen) atoms. The molecule has 0 fully saturated rings. The van der Waals surface area contributed by atoms with Crippen LogP contribution in [0.25, 0.3) is 0 Å². The molecule has 2 aromatic rings. The number of carbonyl (C=O) groups is 1. The van der Waals surface area contributed by atoms with Gasteiger partial charge in [-0.25, -0.2) is 5.43 Å². The summed E-state index contributed by atoms with van der Waals surface area (Å²) in [5, 5.41) is 23.8. The van der Waals surface area contributed by atoms with Crippen LogP contribution in [0.1, 0.15) is 16.1 Å². The average molecular weight is 310 g/mol. The Bertz CT molecular complexity index is 725. The Labute approximate surface area is 122 Å². The minimum atomic E-state index is -0.695. The number of halogens is 1. The number of furan rings is 1. The van der Waals surface area contributed by atoms with Crippen molar-refractivity contribution in [1.82, 2.24) is 5.43 Å². The smallest absolute Gasteiger partial charge is 0.433 e. The molecule has 9 heteroatoms. The van der Waals surface area contributed by atoms with Crippen molar-refractivity contribution in [2.45, 2.75) is 0 Å². The molecule has 0 aliphatic heterocycles. The van der Waals surface area contributed by atoms with E-state index >= 15 is 0 Å². The fraction of sp³-hybridized carbons (Fsp3) is 0. The summed E-state index contributed by atoms with van der Waals surface area (Å²) >= 11 is 5.71. The molecule has 1 aromatic heterocycles. The SMILES string of the molecule is O=C(N/N=C\c1ccc([N+](=O)[O-])o1)c1cc(Cl)ccc1O. The first kappa shape index (κ1) is 14.5. The number of benzene rings is 1. The summed E-state index contributed by atoms with van der Waals surface area (Å²) in [7, 11) is 0. The van der Waals surface area contributed by atoms with Crippen LogP contribution < -0.4 is 5.43 Å². The minimum absolute atomic E-state index is 0.0509. The lowest BCUT2D eigenvalue weighted by molar-refractivity contribution is -0.402. The molecule has 2 rings (SSSR count). The van der Waals surface area contributed by atoms with Gasteiger partial charge in [0.05, 0.1) is 17.8 Å². The summed E-state index contributed by atoms with van der Waals surface area (Å²) in [6.45, 7) is 0. The highest BCUT2D eigenvalue weighted by atomic mass is 35.5. The Morgan fingerprint density at radius 3 is 2.86 bits per heavy atom. The lowest BCUT2D eigenvalue weighted by Crippen LogP contribution is -2.17. The molecule has 0 aliphatic rings. The van der Waals surface area contributed by atoms with Gasteiger partial charge in [0.1, 0.15) is 10.7 Å². The number of hydrogen-bond acceptors (Lipinski definition) is 6. The summed E-state index contributed by atoms with van der Waals surface area (Å²) in [5.74, 6) is -1.28. The van der Waals surface area contributed by atoms with E-state index in [9.17, 15) is 20.0 Å². The average Bonchev–Trinajstić information content (AvgIpc) is 2.90. The van der Waals surface area contributed by atoms with E-state index in [1.807, 2.05) is 0 Å². The zero-order valence-electron chi connectivity index (χ0n) is 10.3. The third kappa shape index (κ3) is 3.57. The van der Waals surface area contributed by atoms with Gasteiger partial charge in [0.25, 0.3) is 5.91 Å². The predicted molar refractivity (Wildman–Crippen MR) is 73.5 cm³/mol. The first-order valence-electron chi connectivity index (χ1n) is 5.53. The summed E-state index contributed by atoms with van der Waals surface area (Å²) < 4.78 is 4.81. The van der Waals surface area contributed by atoms with Crippen LogP contribution in [0, 0.1) is 10.1 Å². The maximum absolute atomic E-state index is 11.7. The van der Waals surface area contributed by atoms with E-state index in [-0.39, 0.29) is 22.1 Å². The van der Waals surface area contributed by atoms with Gasteiger partial charge >= 0.3 is 5.88 Å². The first-order chi connectivity index (χ1) is 9.97. The summed E-state index contributed by atoms with van der Waals surface area (Å²) in [6, 6.07) is 6.46. The molecule has 1 heterocycles. The van der Waals surface area contributed by atoms with Crippen LogP contribution in [0.15, 0.2) is 39.9 Å². The molecule has 0 radical (unpaired) electrons. The number of nitrogens with zero attached hydrogens (tertiary/aromatic N) is 2. The van der Waals surface area contributed by atoms with Gasteiger partial charge in [-0.05, 0) is 24.3 Å². The van der Waals surface area contributed by atoms with Crippen molar-refractivity contribution in [3.05, 3.63) is 56.8 Å². The van der Waals surface area contributed by atoms with Gasteiger partial charge in [-0.3, -0.25) is 14.9 Å². The molecule has 0 spiro atoms. The standard InChI is InChI=1S/C12H8ClN3O5/c13-7-1-3-10(17)9(5-7)12(18)15-14-6-8-2-4-11(21-8)16(19)20/h1-6,17H,(H,15,18)/b14-6-. The molecule has 8 nitrogen and oxygen atoms in total. The second-order valence-corrected chi connectivity index (χ2v) is 4.23. The van der Waals surface area contributed by atoms with Crippen molar-refractivity contribution in [3.8, 4) is 5.75 Å². The van der Waals surface area contributed by atoms with Gasteiger partial charge in [0, 0.05) is 5.02 Å². The molecule has 1 aromatic carbocycles. The maximum atomic E-state index is 11.7. The van der Waals surface area contributed by atoms with Crippen molar-refractivity contribution in [3.63, 3.8) is 0 Å². The minimum Gasteiger partial charge on any atom is -0.507 e. The molecule has 0 saturated carbocycles. The van der Waals surface area contributed by atoms with E-state index in [1.165, 1.54) is 24.3 Å². The lowest BCUT2D eigenvalue weighted by atomic mass is 10.2. The number of nitro groups is 1. The third-order valence-electron chi connectivity index (χ3n) is 2.35. The Hall–Kier alpha value is -2.87. The number of hydrogen-bond donors (Lipinski definition) is 2. The number of rotatable bonds is 4. The molecular formula is C12H8ClN3O5. The number of amides is 1. The summed E-state index contributed by atoms with van der Waals surface area (Å²) in [6.07, 6.45) is 1.09. The van der Waals surface area contributed by atoms with Crippen molar-refractivity contribution in [1.29, 1.82) is 0 Å². The van der Waals surface area contributed by atoms with E-state index in [1.54, 1.807) is 0 Å². The monoisotopic (exact) mass is 309 g/mol. The highest BCUT2D eigenvalue weighted by Crippen LogP contribution is 2.21. The van der Waals surface area contributed by atoms with Gasteiger partial charge in [-0.2, -0.15) is 5.10 Å². The van der Waals surface area contributed by atoms with Crippen LogP contribution >= 0.6 is 11.6 Å². The molecule has 0 saturated heterocycles. The van der Waals surface area contributed by atoms with Gasteiger partial charge in [-0.15, -0.1) is 0 Å². The second-order valence-electron chi connectivity index (χ2n) is 3.79. The number of phenols is 1. The summed E-state index contributed by atoms with van der Waals surface area (Å²) in [4.78, 5) is 21.5. The van der Waals surface area contributed by atoms with Crippen LogP contribution in [0.5, 0.6) is 5.75 Å². The molecule has 0 unspecified atom stereocenters. The molecule has 0 bridgehead atoms. The van der Waals surface area contributed by atoms with E-state index < -0.39 is 16.7 Å². The Morgan fingerprint density at radius 1 is 1.43 bits per heavy atom. The highest BCUT2D eigenvalue weighted by Gasteiger charge is 2.12. The molecule has 0 atom stereocenters. The Morgan fingerprint density at radius 2 is 2.19 bits per heavy atom. The second kappa shape index (κ2) is 6.06. The predicted octanol–water partition coefficient (Wildman–Crippen LogP) is 2.31. The number of nitrogens with one attached hydrogen (secondary N) is 1. The van der Waals surface area contributed by atoms with E-state index in [2.05, 4.69) is 10.5 Å². The van der Waals surface area contributed by atoms with Crippen molar-refractivity contribution in [2.75, 3.05) is 0 Å². The van der Waals surface area contributed by atoms with Gasteiger partial charge in [-0.1, -0.05) is 11.6 Å². The maximum Gasteiger partial charge on any atom is 0.433 e. The topological polar surface area (TPSA) is 118 Å². The fourth-order valence-electron chi connectivity index (χ4n) is 1.41. The van der Waals surface area contributed by atoms with Gasteiger partial charge < -0.3 is 9.52 Å². The number of hydrazone groups is 1. The number of carbonyl (C=O) groups excluding carboxylic acids is 1. The van der Waals surface area contributed by atoms with Crippen molar-refractivity contribution < 1.29 is 19.2 Å². The van der Waals surface area contributed by atoms with E-state index in [4.69, 9.17) is 16.0 Å². The van der Waals surface area contributed by atoms with Gasteiger partial charge in [0.15, 0.2) is 5.76 Å². The normalized spacial score (nSPS) is 10.7. The summed E-state index contributed by atoms with van der Waals surface area (Å²) in [5.41, 5.74) is 2.09. The Balaban J connectivity index is 2.04. The molecule has 0 aliphatic carbocycles. The third-order valence-corrected chi connectivity index (χ3v) is 2.59. The molecule has 1 amide bonds. The van der Waals surface area contributed by atoms with Gasteiger partial charge in [0.2, 0.25) is 0 Å². The quantitative estimate of drug-likeness (QED) is 0.510. The highest BCUT2D eigenvalue weighted by molar-refractivity contribution is 6.31. The largest absolute Gasteiger partial charge is 0.507 e. The van der Waals surface area contributed by atoms with Crippen LogP contribution in [0.2, 0.25) is 5.02 Å². The number of phenolic OH excluding ortho intramolecular Hbond substituents is 1.